The van der Waals surface area contributed by atoms with Crippen molar-refractivity contribution in [3.05, 3.63) is 15.8 Å². The van der Waals surface area contributed by atoms with Gasteiger partial charge in [0.05, 0.1) is 16.1 Å². The van der Waals surface area contributed by atoms with E-state index in [0.29, 0.717) is 11.3 Å². The maximum Gasteiger partial charge on any atom is 0.162 e. The molecule has 23 heavy (non-hydrogen) atoms. The molecule has 0 fully saturated rings. The molecule has 0 aliphatic carbocycles. The quantitative estimate of drug-likeness (QED) is 0.308. The lowest BCUT2D eigenvalue weighted by Gasteiger charge is -2.17. The number of rotatable bonds is 10. The summed E-state index contributed by atoms with van der Waals surface area (Å²) in [6, 6.07) is 0. The molecule has 6 heteroatoms. The highest BCUT2D eigenvalue weighted by molar-refractivity contribution is 7.13. The van der Waals surface area contributed by atoms with Crippen molar-refractivity contribution in [1.29, 1.82) is 0 Å². The van der Waals surface area contributed by atoms with Crippen molar-refractivity contribution in [2.45, 2.75) is 33.6 Å². The molecule has 0 amide bonds. The molecule has 0 aromatic carbocycles. The SMILES string of the molecule is C=Nc1c(C(C)=O)csc1C(=NC)NCCCCN(CC)CC. The average Bonchev–Trinajstić information content (AvgIpc) is 2.98. The zero-order valence-corrected chi connectivity index (χ0v) is 15.5. The van der Waals surface area contributed by atoms with Crippen LogP contribution >= 0.6 is 11.3 Å². The second kappa shape index (κ2) is 10.3. The first kappa shape index (κ1) is 19.5. The van der Waals surface area contributed by atoms with Gasteiger partial charge in [0, 0.05) is 19.0 Å². The van der Waals surface area contributed by atoms with Crippen molar-refractivity contribution >= 4 is 35.4 Å². The number of ketones is 1. The Labute approximate surface area is 143 Å². The Morgan fingerprint density at radius 2 is 2.04 bits per heavy atom. The summed E-state index contributed by atoms with van der Waals surface area (Å²) in [5.74, 6) is 0.789. The lowest BCUT2D eigenvalue weighted by Crippen LogP contribution is -2.27. The molecule has 1 aromatic heterocycles. The fourth-order valence-corrected chi connectivity index (χ4v) is 3.47. The third kappa shape index (κ3) is 5.55. The van der Waals surface area contributed by atoms with Crippen LogP contribution in [0.2, 0.25) is 0 Å². The van der Waals surface area contributed by atoms with Gasteiger partial charge in [0.1, 0.15) is 5.84 Å². The fraction of sp³-hybridized carbons (Fsp3) is 0.588. The zero-order chi connectivity index (χ0) is 17.2. The van der Waals surface area contributed by atoms with Crippen LogP contribution in [0.3, 0.4) is 0 Å². The first-order valence-corrected chi connectivity index (χ1v) is 8.99. The fourth-order valence-electron chi connectivity index (χ4n) is 2.39. The Bertz CT molecular complexity index is 547. The molecule has 0 aliphatic rings. The predicted octanol–water partition coefficient (Wildman–Crippen LogP) is 3.37. The van der Waals surface area contributed by atoms with E-state index in [4.69, 9.17) is 0 Å². The number of carbonyl (C=O) groups excluding carboxylic acids is 1. The lowest BCUT2D eigenvalue weighted by molar-refractivity contribution is 0.101. The van der Waals surface area contributed by atoms with E-state index in [0.717, 1.165) is 49.7 Å². The molecular weight excluding hydrogens is 308 g/mol. The van der Waals surface area contributed by atoms with Crippen LogP contribution in [0.1, 0.15) is 48.8 Å². The minimum atomic E-state index is 0.00424. The third-order valence-electron chi connectivity index (χ3n) is 3.83. The van der Waals surface area contributed by atoms with Crippen LogP contribution in [-0.2, 0) is 0 Å². The topological polar surface area (TPSA) is 57.1 Å². The van der Waals surface area contributed by atoms with E-state index in [9.17, 15) is 4.79 Å². The smallest absolute Gasteiger partial charge is 0.162 e. The third-order valence-corrected chi connectivity index (χ3v) is 4.80. The van der Waals surface area contributed by atoms with Gasteiger partial charge in [0.25, 0.3) is 0 Å². The van der Waals surface area contributed by atoms with Crippen LogP contribution < -0.4 is 5.32 Å². The number of Topliss-reactive ketones (excluding diaryl/α,β-unsaturated/α-hetero) is 1. The molecule has 0 spiro atoms. The van der Waals surface area contributed by atoms with E-state index >= 15 is 0 Å². The van der Waals surface area contributed by atoms with Gasteiger partial charge in [-0.15, -0.1) is 11.3 Å². The lowest BCUT2D eigenvalue weighted by atomic mass is 10.2. The molecule has 128 valence electrons. The minimum absolute atomic E-state index is 0.00424. The average molecular weight is 337 g/mol. The Hall–Kier alpha value is -1.53. The Balaban J connectivity index is 2.59. The van der Waals surface area contributed by atoms with E-state index in [2.05, 4.69) is 40.8 Å². The highest BCUT2D eigenvalue weighted by Gasteiger charge is 2.17. The number of amidine groups is 1. The van der Waals surface area contributed by atoms with E-state index in [1.54, 1.807) is 14.0 Å². The monoisotopic (exact) mass is 336 g/mol. The van der Waals surface area contributed by atoms with Crippen molar-refractivity contribution < 1.29 is 4.79 Å². The van der Waals surface area contributed by atoms with Crippen molar-refractivity contribution in [2.75, 3.05) is 33.2 Å². The predicted molar refractivity (Wildman–Crippen MR) is 101 cm³/mol. The highest BCUT2D eigenvalue weighted by Crippen LogP contribution is 2.31. The van der Waals surface area contributed by atoms with E-state index in [1.807, 2.05) is 5.38 Å². The highest BCUT2D eigenvalue weighted by atomic mass is 32.1. The van der Waals surface area contributed by atoms with Crippen molar-refractivity contribution in [1.82, 2.24) is 10.2 Å². The summed E-state index contributed by atoms with van der Waals surface area (Å²) < 4.78 is 0. The summed E-state index contributed by atoms with van der Waals surface area (Å²) in [6.45, 7) is 13.7. The Kier molecular flexibility index (Phi) is 8.73. The Morgan fingerprint density at radius 1 is 1.35 bits per heavy atom. The summed E-state index contributed by atoms with van der Waals surface area (Å²) in [5.41, 5.74) is 1.25. The van der Waals surface area contributed by atoms with Gasteiger partial charge in [-0.05, 0) is 46.1 Å². The number of aliphatic imine (C=N–C) groups is 2. The van der Waals surface area contributed by atoms with Crippen molar-refractivity contribution in [3.8, 4) is 0 Å². The second-order valence-electron chi connectivity index (χ2n) is 5.27. The zero-order valence-electron chi connectivity index (χ0n) is 14.7. The summed E-state index contributed by atoms with van der Waals surface area (Å²) >= 11 is 1.48. The second-order valence-corrected chi connectivity index (χ2v) is 6.15. The first-order valence-electron chi connectivity index (χ1n) is 8.11. The first-order chi connectivity index (χ1) is 11.1. The molecule has 0 atom stereocenters. The van der Waals surface area contributed by atoms with Crippen molar-refractivity contribution in [3.63, 3.8) is 0 Å². The van der Waals surface area contributed by atoms with Gasteiger partial charge in [-0.25, -0.2) is 0 Å². The molecule has 0 radical (unpaired) electrons. The van der Waals surface area contributed by atoms with Crippen LogP contribution in [-0.4, -0.2) is 56.5 Å². The van der Waals surface area contributed by atoms with Gasteiger partial charge in [-0.3, -0.25) is 14.8 Å². The summed E-state index contributed by atoms with van der Waals surface area (Å²) in [5, 5.41) is 5.19. The molecular formula is C17H28N4OS. The minimum Gasteiger partial charge on any atom is -0.369 e. The normalized spacial score (nSPS) is 11.8. The molecule has 0 saturated heterocycles. The molecule has 1 heterocycles. The number of thiophene rings is 1. The molecule has 1 N–H and O–H groups in total. The van der Waals surface area contributed by atoms with Crippen molar-refractivity contribution in [2.24, 2.45) is 9.98 Å². The van der Waals surface area contributed by atoms with E-state index < -0.39 is 0 Å². The number of unbranched alkanes of at least 4 members (excludes halogenated alkanes) is 1. The Morgan fingerprint density at radius 3 is 2.57 bits per heavy atom. The van der Waals surface area contributed by atoms with Gasteiger partial charge < -0.3 is 10.2 Å². The van der Waals surface area contributed by atoms with Crippen LogP contribution in [0.5, 0.6) is 0 Å². The molecule has 0 bridgehead atoms. The van der Waals surface area contributed by atoms with E-state index in [-0.39, 0.29) is 5.78 Å². The number of hydrogen-bond acceptors (Lipinski definition) is 5. The molecule has 0 saturated carbocycles. The molecule has 5 nitrogen and oxygen atoms in total. The molecule has 1 rings (SSSR count). The molecule has 0 aliphatic heterocycles. The number of nitrogens with zero attached hydrogens (tertiary/aromatic N) is 3. The standard InChI is InChI=1S/C17H28N4OS/c1-6-21(7-2)11-9-8-10-20-17(19-5)16-15(18-4)14(12-23-16)13(3)22/h12H,4,6-11H2,1-3,5H3,(H,19,20). The maximum atomic E-state index is 11.6. The molecule has 1 aromatic rings. The van der Waals surface area contributed by atoms with Gasteiger partial charge in [0.15, 0.2) is 5.78 Å². The van der Waals surface area contributed by atoms with Crippen LogP contribution in [0.15, 0.2) is 15.4 Å². The van der Waals surface area contributed by atoms with Gasteiger partial charge in [-0.2, -0.15) is 0 Å². The van der Waals surface area contributed by atoms with Crippen LogP contribution in [0.25, 0.3) is 0 Å². The van der Waals surface area contributed by atoms with Gasteiger partial charge >= 0.3 is 0 Å². The number of nitrogens with one attached hydrogen (secondary N) is 1. The summed E-state index contributed by atoms with van der Waals surface area (Å²) in [4.78, 5) is 23.3. The molecule has 0 unspecified atom stereocenters. The van der Waals surface area contributed by atoms with Gasteiger partial charge in [0.2, 0.25) is 0 Å². The number of hydrogen-bond donors (Lipinski definition) is 1. The maximum absolute atomic E-state index is 11.6. The van der Waals surface area contributed by atoms with Crippen LogP contribution in [0, 0.1) is 0 Å². The van der Waals surface area contributed by atoms with E-state index in [1.165, 1.54) is 11.3 Å². The van der Waals surface area contributed by atoms with Gasteiger partial charge in [-0.1, -0.05) is 13.8 Å². The number of carbonyl (C=O) groups is 1. The largest absolute Gasteiger partial charge is 0.369 e. The van der Waals surface area contributed by atoms with Crippen LogP contribution in [0.4, 0.5) is 5.69 Å². The summed E-state index contributed by atoms with van der Waals surface area (Å²) in [6.07, 6.45) is 2.23. The summed E-state index contributed by atoms with van der Waals surface area (Å²) in [7, 11) is 1.75.